The van der Waals surface area contributed by atoms with Gasteiger partial charge in [-0.05, 0) is 35.9 Å². The molecular weight excluding hydrogens is 392 g/mol. The lowest BCUT2D eigenvalue weighted by Gasteiger charge is -2.26. The van der Waals surface area contributed by atoms with Crippen molar-refractivity contribution in [3.05, 3.63) is 101 Å². The maximum atomic E-state index is 12.9. The fraction of sp³-hybridized carbons (Fsp3) is 0.160. The van der Waals surface area contributed by atoms with Gasteiger partial charge < -0.3 is 10.1 Å². The molecule has 0 bridgehead atoms. The second kappa shape index (κ2) is 7.72. The van der Waals surface area contributed by atoms with E-state index in [4.69, 9.17) is 4.74 Å². The molecule has 0 fully saturated rings. The van der Waals surface area contributed by atoms with Crippen molar-refractivity contribution >= 4 is 17.7 Å². The fourth-order valence-electron chi connectivity index (χ4n) is 4.11. The standard InChI is InChI=1S/C25H20N2O4/c28-23(26-21-12-13-31-22-11-4-3-10-20(21)22)17-7-5-6-16(14-17)15-27-24(29)18-8-1-2-9-19(18)25(27)30/h1-11,14,21H,12-13,15H2,(H,26,28)/t21-/m0/s1. The van der Waals surface area contributed by atoms with Gasteiger partial charge in [-0.2, -0.15) is 0 Å². The predicted molar refractivity (Wildman–Crippen MR) is 114 cm³/mol. The molecule has 0 aliphatic carbocycles. The van der Waals surface area contributed by atoms with Crippen LogP contribution in [0.15, 0.2) is 72.8 Å². The molecule has 3 aromatic rings. The predicted octanol–water partition coefficient (Wildman–Crippen LogP) is 3.74. The van der Waals surface area contributed by atoms with E-state index in [1.54, 1.807) is 42.5 Å². The average molecular weight is 412 g/mol. The summed E-state index contributed by atoms with van der Waals surface area (Å²) in [6, 6.07) is 21.4. The molecule has 6 nitrogen and oxygen atoms in total. The number of carbonyl (C=O) groups excluding carboxylic acids is 3. The molecule has 5 rings (SSSR count). The molecule has 0 aromatic heterocycles. The van der Waals surface area contributed by atoms with Gasteiger partial charge in [0.1, 0.15) is 5.75 Å². The third-order valence-corrected chi connectivity index (χ3v) is 5.67. The van der Waals surface area contributed by atoms with E-state index in [-0.39, 0.29) is 30.3 Å². The van der Waals surface area contributed by atoms with Crippen LogP contribution in [0, 0.1) is 0 Å². The minimum Gasteiger partial charge on any atom is -0.493 e. The number of imide groups is 1. The lowest BCUT2D eigenvalue weighted by molar-refractivity contribution is 0.0642. The van der Waals surface area contributed by atoms with Crippen molar-refractivity contribution in [3.63, 3.8) is 0 Å². The molecule has 0 saturated carbocycles. The van der Waals surface area contributed by atoms with E-state index in [1.807, 2.05) is 30.3 Å². The molecule has 1 N–H and O–H groups in total. The highest BCUT2D eigenvalue weighted by atomic mass is 16.5. The Labute approximate surface area is 179 Å². The third kappa shape index (κ3) is 3.46. The number of ether oxygens (including phenoxy) is 1. The van der Waals surface area contributed by atoms with Crippen molar-refractivity contribution in [2.45, 2.75) is 19.0 Å². The summed E-state index contributed by atoms with van der Waals surface area (Å²) in [6.07, 6.45) is 0.692. The van der Waals surface area contributed by atoms with Crippen LogP contribution in [0.25, 0.3) is 0 Å². The number of amides is 3. The summed E-state index contributed by atoms with van der Waals surface area (Å²) in [5, 5.41) is 3.08. The lowest BCUT2D eigenvalue weighted by Crippen LogP contribution is -2.32. The number of hydrogen-bond donors (Lipinski definition) is 1. The molecule has 154 valence electrons. The number of nitrogens with zero attached hydrogens (tertiary/aromatic N) is 1. The maximum Gasteiger partial charge on any atom is 0.261 e. The molecule has 3 amide bonds. The molecule has 0 spiro atoms. The van der Waals surface area contributed by atoms with Crippen LogP contribution in [0.4, 0.5) is 0 Å². The zero-order chi connectivity index (χ0) is 21.4. The summed E-state index contributed by atoms with van der Waals surface area (Å²) in [5.41, 5.74) is 3.00. The van der Waals surface area contributed by atoms with Gasteiger partial charge in [0.05, 0.1) is 30.3 Å². The average Bonchev–Trinajstić information content (AvgIpc) is 3.04. The van der Waals surface area contributed by atoms with Crippen LogP contribution in [-0.4, -0.2) is 29.2 Å². The highest BCUT2D eigenvalue weighted by Gasteiger charge is 2.35. The summed E-state index contributed by atoms with van der Waals surface area (Å²) in [5.74, 6) is -0.0344. The van der Waals surface area contributed by atoms with E-state index in [2.05, 4.69) is 5.32 Å². The Morgan fingerprint density at radius 3 is 2.42 bits per heavy atom. The van der Waals surface area contributed by atoms with Gasteiger partial charge >= 0.3 is 0 Å². The van der Waals surface area contributed by atoms with E-state index in [0.29, 0.717) is 29.7 Å². The summed E-state index contributed by atoms with van der Waals surface area (Å²) in [4.78, 5) is 39.4. The summed E-state index contributed by atoms with van der Waals surface area (Å²) >= 11 is 0. The Hall–Kier alpha value is -3.93. The van der Waals surface area contributed by atoms with Crippen molar-refractivity contribution in [2.24, 2.45) is 0 Å². The number of para-hydroxylation sites is 1. The molecular formula is C25H20N2O4. The summed E-state index contributed by atoms with van der Waals surface area (Å²) < 4.78 is 5.66. The second-order valence-corrected chi connectivity index (χ2v) is 7.64. The molecule has 2 aliphatic heterocycles. The van der Waals surface area contributed by atoms with Crippen molar-refractivity contribution < 1.29 is 19.1 Å². The van der Waals surface area contributed by atoms with Gasteiger partial charge in [0.2, 0.25) is 0 Å². The van der Waals surface area contributed by atoms with E-state index in [1.165, 1.54) is 4.90 Å². The minimum absolute atomic E-state index is 0.119. The zero-order valence-electron chi connectivity index (χ0n) is 16.7. The van der Waals surface area contributed by atoms with E-state index in [0.717, 1.165) is 16.9 Å². The zero-order valence-corrected chi connectivity index (χ0v) is 16.7. The van der Waals surface area contributed by atoms with Gasteiger partial charge in [0.15, 0.2) is 0 Å². The van der Waals surface area contributed by atoms with E-state index >= 15 is 0 Å². The van der Waals surface area contributed by atoms with Gasteiger partial charge in [-0.3, -0.25) is 19.3 Å². The highest BCUT2D eigenvalue weighted by Crippen LogP contribution is 2.32. The highest BCUT2D eigenvalue weighted by molar-refractivity contribution is 6.21. The van der Waals surface area contributed by atoms with Gasteiger partial charge in [-0.1, -0.05) is 42.5 Å². The number of rotatable bonds is 4. The SMILES string of the molecule is O=C(N[C@H]1CCOc2ccccc21)c1cccc(CN2C(=O)c3ccccc3C2=O)c1. The minimum atomic E-state index is -0.311. The number of benzene rings is 3. The van der Waals surface area contributed by atoms with Crippen LogP contribution in [-0.2, 0) is 6.54 Å². The van der Waals surface area contributed by atoms with Crippen molar-refractivity contribution in [2.75, 3.05) is 6.61 Å². The first-order chi connectivity index (χ1) is 15.1. The number of carbonyl (C=O) groups is 3. The van der Waals surface area contributed by atoms with Crippen LogP contribution in [0.1, 0.15) is 54.7 Å². The number of hydrogen-bond acceptors (Lipinski definition) is 4. The normalized spacial score (nSPS) is 17.0. The molecule has 31 heavy (non-hydrogen) atoms. The monoisotopic (exact) mass is 412 g/mol. The third-order valence-electron chi connectivity index (χ3n) is 5.67. The molecule has 1 atom stereocenters. The summed E-state index contributed by atoms with van der Waals surface area (Å²) in [7, 11) is 0. The smallest absolute Gasteiger partial charge is 0.261 e. The first kappa shape index (κ1) is 19.1. The molecule has 0 unspecified atom stereocenters. The molecule has 2 aliphatic rings. The topological polar surface area (TPSA) is 75.7 Å². The van der Waals surface area contributed by atoms with Crippen molar-refractivity contribution in [1.29, 1.82) is 0 Å². The van der Waals surface area contributed by atoms with Crippen LogP contribution in [0.5, 0.6) is 5.75 Å². The van der Waals surface area contributed by atoms with Crippen molar-refractivity contribution in [3.8, 4) is 5.75 Å². The van der Waals surface area contributed by atoms with Crippen LogP contribution >= 0.6 is 0 Å². The Kier molecular flexibility index (Phi) is 4.75. The van der Waals surface area contributed by atoms with Gasteiger partial charge in [-0.15, -0.1) is 0 Å². The number of fused-ring (bicyclic) bond motifs is 2. The maximum absolute atomic E-state index is 12.9. The van der Waals surface area contributed by atoms with Crippen LogP contribution in [0.3, 0.4) is 0 Å². The quantitative estimate of drug-likeness (QED) is 0.663. The largest absolute Gasteiger partial charge is 0.493 e. The van der Waals surface area contributed by atoms with Gasteiger partial charge in [-0.25, -0.2) is 0 Å². The number of nitrogens with one attached hydrogen (secondary N) is 1. The molecule has 0 radical (unpaired) electrons. The Balaban J connectivity index is 1.33. The van der Waals surface area contributed by atoms with Crippen LogP contribution < -0.4 is 10.1 Å². The van der Waals surface area contributed by atoms with E-state index < -0.39 is 0 Å². The molecule has 0 saturated heterocycles. The Bertz CT molecular complexity index is 1170. The first-order valence-electron chi connectivity index (χ1n) is 10.2. The van der Waals surface area contributed by atoms with Gasteiger partial charge in [0.25, 0.3) is 17.7 Å². The van der Waals surface area contributed by atoms with Gasteiger partial charge in [0, 0.05) is 17.5 Å². The van der Waals surface area contributed by atoms with E-state index in [9.17, 15) is 14.4 Å². The summed E-state index contributed by atoms with van der Waals surface area (Å²) in [6.45, 7) is 0.662. The fourth-order valence-corrected chi connectivity index (χ4v) is 4.11. The van der Waals surface area contributed by atoms with Crippen LogP contribution in [0.2, 0.25) is 0 Å². The lowest BCUT2D eigenvalue weighted by atomic mass is 10.00. The Morgan fingerprint density at radius 2 is 1.65 bits per heavy atom. The molecule has 2 heterocycles. The van der Waals surface area contributed by atoms with Crippen molar-refractivity contribution in [1.82, 2.24) is 10.2 Å². The molecule has 6 heteroatoms. The molecule has 3 aromatic carbocycles. The Morgan fingerprint density at radius 1 is 0.935 bits per heavy atom. The second-order valence-electron chi connectivity index (χ2n) is 7.64. The first-order valence-corrected chi connectivity index (χ1v) is 10.2.